The van der Waals surface area contributed by atoms with Gasteiger partial charge in [-0.1, -0.05) is 62.4 Å². The highest BCUT2D eigenvalue weighted by atomic mass is 32.2. The van der Waals surface area contributed by atoms with E-state index in [9.17, 15) is 29.1 Å². The molecule has 0 radical (unpaired) electrons. The lowest BCUT2D eigenvalue weighted by molar-refractivity contribution is -0.140. The topological polar surface area (TPSA) is 183 Å². The van der Waals surface area contributed by atoms with Crippen LogP contribution in [-0.2, 0) is 19.1 Å². The summed E-state index contributed by atoms with van der Waals surface area (Å²) in [6.07, 6.45) is 2.99. The number of nitrogens with one attached hydrogen (secondary N) is 3. The Morgan fingerprint density at radius 3 is 2.21 bits per heavy atom. The van der Waals surface area contributed by atoms with Crippen molar-refractivity contribution < 1.29 is 38.6 Å². The molecule has 2 fully saturated rings. The van der Waals surface area contributed by atoms with E-state index in [0.717, 1.165) is 22.4 Å². The Morgan fingerprint density at radius 1 is 0.962 bits per heavy atom. The molecule has 278 valence electrons. The molecule has 0 bridgehead atoms. The van der Waals surface area contributed by atoms with E-state index < -0.39 is 30.2 Å². The highest BCUT2D eigenvalue weighted by Crippen LogP contribution is 2.35. The highest BCUT2D eigenvalue weighted by Gasteiger charge is 2.43. The van der Waals surface area contributed by atoms with Gasteiger partial charge >= 0.3 is 12.2 Å². The number of hydrogen-bond acceptors (Lipinski definition) is 9. The average Bonchev–Trinajstić information content (AvgIpc) is 3.91. The van der Waals surface area contributed by atoms with Crippen LogP contribution in [0.25, 0.3) is 22.4 Å². The number of methoxy groups -OCH3 is 2. The molecular weight excluding hydrogens is 689 g/mol. The highest BCUT2D eigenvalue weighted by molar-refractivity contribution is 7.99. The predicted molar refractivity (Wildman–Crippen MR) is 196 cm³/mol. The summed E-state index contributed by atoms with van der Waals surface area (Å²) in [5, 5.41) is 15.1. The van der Waals surface area contributed by atoms with Gasteiger partial charge in [0, 0.05) is 36.9 Å². The molecule has 14 nitrogen and oxygen atoms in total. The molecule has 5 atom stereocenters. The average molecular weight is 735 g/mol. The molecule has 1 aromatic heterocycles. The lowest BCUT2D eigenvalue weighted by atomic mass is 10.0. The maximum atomic E-state index is 13.5. The normalized spacial score (nSPS) is 20.5. The van der Waals surface area contributed by atoms with Crippen molar-refractivity contribution in [3.8, 4) is 22.4 Å². The number of nitrogens with zero attached hydrogens (tertiary/aromatic N) is 3. The van der Waals surface area contributed by atoms with E-state index in [-0.39, 0.29) is 41.4 Å². The quantitative estimate of drug-likeness (QED) is 0.183. The number of likely N-dealkylation sites (tertiary alicyclic amines) is 2. The number of thioether (sulfide) groups is 1. The van der Waals surface area contributed by atoms with Crippen molar-refractivity contribution in [3.05, 3.63) is 66.1 Å². The lowest BCUT2D eigenvalue weighted by Crippen LogP contribution is -2.55. The van der Waals surface area contributed by atoms with Crippen molar-refractivity contribution in [1.82, 2.24) is 30.4 Å². The van der Waals surface area contributed by atoms with Crippen LogP contribution in [0.5, 0.6) is 0 Å². The summed E-state index contributed by atoms with van der Waals surface area (Å²) in [4.78, 5) is 74.4. The standard InChI is InChI=1S/C37H46N6O8S/c1-21(2)32(41-36(47)51-4)35(46)42-19-27(52-5)15-30(42)34(45)39-17-31(44)26-12-8-24(9-13-26)23-6-10-25(11-7-23)28-16-38-33(40-28)29-14-22(20-50-3)18-43(29)37(48)49/h6-13,16,21-22,27,29-30,32H,14-15,17-20H2,1-5H3,(H,38,40)(H,39,45)(H,41,47)(H,48,49)/t22?,27-,29?,30-,32-/m0/s1. The van der Waals surface area contributed by atoms with Crippen molar-refractivity contribution >= 4 is 41.5 Å². The van der Waals surface area contributed by atoms with Crippen LogP contribution in [-0.4, -0.2) is 119 Å². The van der Waals surface area contributed by atoms with Crippen molar-refractivity contribution in [2.24, 2.45) is 11.8 Å². The molecule has 5 rings (SSSR count). The van der Waals surface area contributed by atoms with Gasteiger partial charge in [0.15, 0.2) is 5.78 Å². The molecule has 2 aliphatic rings. The second kappa shape index (κ2) is 17.1. The van der Waals surface area contributed by atoms with Gasteiger partial charge in [-0.2, -0.15) is 11.8 Å². The van der Waals surface area contributed by atoms with E-state index >= 15 is 0 Å². The molecule has 2 aromatic carbocycles. The lowest BCUT2D eigenvalue weighted by Gasteiger charge is -2.30. The molecule has 15 heteroatoms. The number of aromatic amines is 1. The Labute approximate surface area is 307 Å². The summed E-state index contributed by atoms with van der Waals surface area (Å²) in [6.45, 7) is 4.62. The Balaban J connectivity index is 1.18. The molecule has 2 aliphatic heterocycles. The minimum Gasteiger partial charge on any atom is -0.465 e. The largest absolute Gasteiger partial charge is 0.465 e. The monoisotopic (exact) mass is 734 g/mol. The molecule has 0 spiro atoms. The number of amides is 4. The second-order valence-corrected chi connectivity index (χ2v) is 14.6. The number of Topliss-reactive ketones (excluding diaryl/α,β-unsaturated/α-hetero) is 1. The van der Waals surface area contributed by atoms with E-state index in [1.54, 1.807) is 51.0 Å². The molecule has 3 heterocycles. The number of carbonyl (C=O) groups excluding carboxylic acids is 4. The maximum absolute atomic E-state index is 13.5. The first-order valence-corrected chi connectivity index (χ1v) is 18.5. The third-order valence-electron chi connectivity index (χ3n) is 9.68. The molecule has 2 unspecified atom stereocenters. The Hall–Kier alpha value is -4.89. The summed E-state index contributed by atoms with van der Waals surface area (Å²) in [6, 6.07) is 12.9. The third kappa shape index (κ3) is 8.76. The molecular formula is C37H46N6O8S. The zero-order valence-corrected chi connectivity index (χ0v) is 30.8. The van der Waals surface area contributed by atoms with Gasteiger partial charge in [-0.3, -0.25) is 19.3 Å². The number of ketones is 1. The fraction of sp³-hybridized carbons (Fsp3) is 0.459. The van der Waals surface area contributed by atoms with Gasteiger partial charge in [-0.15, -0.1) is 0 Å². The van der Waals surface area contributed by atoms with Crippen LogP contribution in [0.2, 0.25) is 0 Å². The molecule has 0 saturated carbocycles. The first-order chi connectivity index (χ1) is 24.9. The van der Waals surface area contributed by atoms with Gasteiger partial charge in [0.1, 0.15) is 17.9 Å². The van der Waals surface area contributed by atoms with Crippen LogP contribution < -0.4 is 10.6 Å². The fourth-order valence-corrected chi connectivity index (χ4v) is 7.50. The zero-order valence-electron chi connectivity index (χ0n) is 30.0. The SMILES string of the molecule is COCC1CC(c2ncc(-c3ccc(-c4ccc(C(=O)CNC(=O)[C@@H]5C[C@H](SC)CN5C(=O)[C@@H](NC(=O)OC)C(C)C)cc4)cc3)[nH]2)N(C(=O)O)C1. The smallest absolute Gasteiger partial charge is 0.407 e. The number of alkyl carbamates (subject to hydrolysis) is 1. The molecule has 4 N–H and O–H groups in total. The second-order valence-electron chi connectivity index (χ2n) is 13.4. The van der Waals surface area contributed by atoms with Crippen LogP contribution >= 0.6 is 11.8 Å². The number of hydrogen-bond donors (Lipinski definition) is 4. The summed E-state index contributed by atoms with van der Waals surface area (Å²) >= 11 is 1.56. The number of aromatic nitrogens is 2. The van der Waals surface area contributed by atoms with Crippen LogP contribution in [0.3, 0.4) is 0 Å². The Bertz CT molecular complexity index is 1750. The summed E-state index contributed by atoms with van der Waals surface area (Å²) < 4.78 is 9.94. The van der Waals surface area contributed by atoms with Crippen molar-refractivity contribution in [2.45, 2.75) is 50.1 Å². The van der Waals surface area contributed by atoms with Crippen molar-refractivity contribution in [3.63, 3.8) is 0 Å². The van der Waals surface area contributed by atoms with Gasteiger partial charge in [0.25, 0.3) is 0 Å². The molecule has 4 amide bonds. The van der Waals surface area contributed by atoms with Gasteiger partial charge in [0.05, 0.1) is 38.2 Å². The molecule has 2 saturated heterocycles. The van der Waals surface area contributed by atoms with Crippen LogP contribution in [0.15, 0.2) is 54.7 Å². The van der Waals surface area contributed by atoms with Crippen molar-refractivity contribution in [2.75, 3.05) is 46.7 Å². The summed E-state index contributed by atoms with van der Waals surface area (Å²) in [5.74, 6) is -0.587. The third-order valence-corrected chi connectivity index (χ3v) is 10.7. The number of rotatable bonds is 13. The van der Waals surface area contributed by atoms with E-state index in [4.69, 9.17) is 4.74 Å². The van der Waals surface area contributed by atoms with Crippen LogP contribution in [0, 0.1) is 11.8 Å². The van der Waals surface area contributed by atoms with E-state index in [1.165, 1.54) is 16.9 Å². The van der Waals surface area contributed by atoms with E-state index in [1.807, 2.05) is 42.7 Å². The minimum atomic E-state index is -0.982. The van der Waals surface area contributed by atoms with Crippen molar-refractivity contribution in [1.29, 1.82) is 0 Å². The zero-order chi connectivity index (χ0) is 37.5. The van der Waals surface area contributed by atoms with Crippen LogP contribution in [0.1, 0.15) is 48.9 Å². The molecule has 52 heavy (non-hydrogen) atoms. The number of carboxylic acid groups (broad SMARTS) is 1. The number of imidazole rings is 1. The van der Waals surface area contributed by atoms with Gasteiger partial charge < -0.3 is 35.1 Å². The minimum absolute atomic E-state index is 0.0379. The Morgan fingerprint density at radius 2 is 1.62 bits per heavy atom. The van der Waals surface area contributed by atoms with E-state index in [2.05, 4.69) is 25.3 Å². The van der Waals surface area contributed by atoms with Crippen LogP contribution in [0.4, 0.5) is 9.59 Å². The number of ether oxygens (including phenoxy) is 2. The molecule has 3 aromatic rings. The van der Waals surface area contributed by atoms with Gasteiger partial charge in [0.2, 0.25) is 11.8 Å². The maximum Gasteiger partial charge on any atom is 0.407 e. The number of carbonyl (C=O) groups is 5. The van der Waals surface area contributed by atoms with Gasteiger partial charge in [-0.05, 0) is 41.7 Å². The summed E-state index contributed by atoms with van der Waals surface area (Å²) in [5.41, 5.74) is 3.93. The predicted octanol–water partition coefficient (Wildman–Crippen LogP) is 4.44. The number of H-pyrrole nitrogens is 1. The fourth-order valence-electron chi connectivity index (χ4n) is 6.82. The first-order valence-electron chi connectivity index (χ1n) is 17.2. The molecule has 0 aliphatic carbocycles. The van der Waals surface area contributed by atoms with E-state index in [0.29, 0.717) is 43.9 Å². The Kier molecular flexibility index (Phi) is 12.6. The summed E-state index contributed by atoms with van der Waals surface area (Å²) in [7, 11) is 2.84. The number of benzene rings is 2. The first kappa shape index (κ1) is 38.3. The van der Waals surface area contributed by atoms with Gasteiger partial charge in [-0.25, -0.2) is 14.6 Å².